The van der Waals surface area contributed by atoms with Gasteiger partial charge in [0.25, 0.3) is 5.91 Å². The predicted octanol–water partition coefficient (Wildman–Crippen LogP) is 2.42. The molecule has 13 heteroatoms. The van der Waals surface area contributed by atoms with Crippen molar-refractivity contribution in [2.24, 2.45) is 5.10 Å². The number of hydrazone groups is 1. The fourth-order valence-electron chi connectivity index (χ4n) is 3.08. The van der Waals surface area contributed by atoms with Gasteiger partial charge in [-0.1, -0.05) is 17.3 Å². The molecule has 0 spiro atoms. The second-order valence-electron chi connectivity index (χ2n) is 7.17. The molecule has 2 heterocycles. The number of halogens is 1. The van der Waals surface area contributed by atoms with Crippen LogP contribution in [0.4, 0.5) is 10.2 Å². The summed E-state index contributed by atoms with van der Waals surface area (Å²) in [6.07, 6.45) is 1.44. The van der Waals surface area contributed by atoms with Gasteiger partial charge in [0, 0.05) is 0 Å². The van der Waals surface area contributed by atoms with E-state index in [0.29, 0.717) is 34.9 Å². The number of carbonyl (C=O) groups excluding carboxylic acids is 1. The third kappa shape index (κ3) is 5.40. The molecule has 0 saturated carbocycles. The van der Waals surface area contributed by atoms with E-state index in [1.54, 1.807) is 37.3 Å². The smallest absolute Gasteiger partial charge is 0.293 e. The molecule has 0 aliphatic rings. The first kappa shape index (κ1) is 23.4. The van der Waals surface area contributed by atoms with Gasteiger partial charge in [0.2, 0.25) is 11.6 Å². The number of aromatic nitrogens is 5. The lowest BCUT2D eigenvalue weighted by atomic mass is 10.2. The second kappa shape index (κ2) is 10.4. The minimum absolute atomic E-state index is 0.0106. The molecule has 0 bridgehead atoms. The van der Waals surface area contributed by atoms with Crippen molar-refractivity contribution in [1.82, 2.24) is 30.7 Å². The number of benzene rings is 2. The van der Waals surface area contributed by atoms with E-state index < -0.39 is 5.91 Å². The largest absolute Gasteiger partial charge is 0.490 e. The maximum absolute atomic E-state index is 13.4. The van der Waals surface area contributed by atoms with Crippen LogP contribution in [0.5, 0.6) is 11.5 Å². The highest BCUT2D eigenvalue weighted by Crippen LogP contribution is 2.29. The zero-order valence-corrected chi connectivity index (χ0v) is 18.8. The first-order valence-electron chi connectivity index (χ1n) is 10.4. The van der Waals surface area contributed by atoms with Gasteiger partial charge in [0.05, 0.1) is 18.5 Å². The van der Waals surface area contributed by atoms with E-state index in [1.165, 1.54) is 23.0 Å². The second-order valence-corrected chi connectivity index (χ2v) is 7.17. The van der Waals surface area contributed by atoms with Gasteiger partial charge in [0.1, 0.15) is 12.4 Å². The molecule has 0 aliphatic carbocycles. The molecular weight excluding hydrogens is 459 g/mol. The average molecular weight is 480 g/mol. The van der Waals surface area contributed by atoms with E-state index in [0.717, 1.165) is 0 Å². The summed E-state index contributed by atoms with van der Waals surface area (Å²) < 4.78 is 30.6. The lowest BCUT2D eigenvalue weighted by Gasteiger charge is -2.12. The predicted molar refractivity (Wildman–Crippen MR) is 122 cm³/mol. The van der Waals surface area contributed by atoms with Crippen molar-refractivity contribution in [3.8, 4) is 17.3 Å². The Morgan fingerprint density at radius 2 is 2.09 bits per heavy atom. The van der Waals surface area contributed by atoms with Crippen molar-refractivity contribution in [3.63, 3.8) is 0 Å². The van der Waals surface area contributed by atoms with Gasteiger partial charge < -0.3 is 15.2 Å². The average Bonchev–Trinajstić information content (AvgIpc) is 3.43. The summed E-state index contributed by atoms with van der Waals surface area (Å²) in [5.74, 6) is 0.196. The molecule has 0 saturated heterocycles. The maximum atomic E-state index is 13.4. The van der Waals surface area contributed by atoms with Crippen LogP contribution in [-0.4, -0.2) is 44.0 Å². The van der Waals surface area contributed by atoms with Crippen LogP contribution in [0.2, 0.25) is 0 Å². The maximum Gasteiger partial charge on any atom is 0.293 e. The molecule has 2 aromatic heterocycles. The van der Waals surface area contributed by atoms with Crippen molar-refractivity contribution >= 4 is 17.9 Å². The zero-order valence-electron chi connectivity index (χ0n) is 18.8. The van der Waals surface area contributed by atoms with E-state index in [9.17, 15) is 9.18 Å². The Morgan fingerprint density at radius 1 is 1.23 bits per heavy atom. The van der Waals surface area contributed by atoms with Gasteiger partial charge in [-0.3, -0.25) is 4.79 Å². The van der Waals surface area contributed by atoms with Crippen LogP contribution in [0.15, 0.2) is 52.2 Å². The first-order valence-corrected chi connectivity index (χ1v) is 10.4. The van der Waals surface area contributed by atoms with Crippen LogP contribution in [0.25, 0.3) is 5.82 Å². The Balaban J connectivity index is 1.42. The van der Waals surface area contributed by atoms with Crippen molar-refractivity contribution in [2.75, 3.05) is 12.3 Å². The van der Waals surface area contributed by atoms with E-state index in [1.807, 2.05) is 6.92 Å². The standard InChI is InChI=1S/C22H21FN8O4/c1-3-33-18-10-14(7-8-17(18)34-12-15-5-4-6-16(23)9-15)11-25-27-22(32)19-13(2)31(30-26-19)21-20(24)28-35-29-21/h4-11H,3,12H2,1-2H3,(H2,24,28)(H,27,32)/b25-11-. The van der Waals surface area contributed by atoms with Crippen molar-refractivity contribution in [3.05, 3.63) is 70.8 Å². The Kier molecular flexibility index (Phi) is 6.95. The lowest BCUT2D eigenvalue weighted by Crippen LogP contribution is -2.19. The zero-order chi connectivity index (χ0) is 24.8. The highest BCUT2D eigenvalue weighted by Gasteiger charge is 2.20. The summed E-state index contributed by atoms with van der Waals surface area (Å²) in [5.41, 5.74) is 9.79. The van der Waals surface area contributed by atoms with E-state index >= 15 is 0 Å². The summed E-state index contributed by atoms with van der Waals surface area (Å²) >= 11 is 0. The number of nitrogens with zero attached hydrogens (tertiary/aromatic N) is 6. The minimum Gasteiger partial charge on any atom is -0.490 e. The molecule has 0 atom stereocenters. The number of carbonyl (C=O) groups is 1. The normalized spacial score (nSPS) is 11.1. The van der Waals surface area contributed by atoms with Crippen LogP contribution in [0.3, 0.4) is 0 Å². The highest BCUT2D eigenvalue weighted by atomic mass is 19.1. The van der Waals surface area contributed by atoms with Gasteiger partial charge in [-0.25, -0.2) is 14.4 Å². The fourth-order valence-corrected chi connectivity index (χ4v) is 3.08. The molecule has 0 aliphatic heterocycles. The number of nitrogen functional groups attached to an aromatic ring is 1. The number of hydrogen-bond donors (Lipinski definition) is 2. The minimum atomic E-state index is -0.583. The first-order chi connectivity index (χ1) is 17.0. The van der Waals surface area contributed by atoms with Gasteiger partial charge in [0.15, 0.2) is 17.2 Å². The van der Waals surface area contributed by atoms with Crippen LogP contribution < -0.4 is 20.6 Å². The molecule has 0 fully saturated rings. The summed E-state index contributed by atoms with van der Waals surface area (Å²) in [6.45, 7) is 4.05. The Hall–Kier alpha value is -4.81. The number of nitrogens with one attached hydrogen (secondary N) is 1. The molecule has 35 heavy (non-hydrogen) atoms. The van der Waals surface area contributed by atoms with E-state index in [4.69, 9.17) is 15.2 Å². The van der Waals surface area contributed by atoms with Crippen LogP contribution in [0, 0.1) is 12.7 Å². The highest BCUT2D eigenvalue weighted by molar-refractivity contribution is 5.94. The Bertz CT molecular complexity index is 1370. The Morgan fingerprint density at radius 3 is 2.83 bits per heavy atom. The molecule has 2 aromatic carbocycles. The van der Waals surface area contributed by atoms with Gasteiger partial charge in [-0.05, 0) is 65.6 Å². The summed E-state index contributed by atoms with van der Waals surface area (Å²) in [6, 6.07) is 11.3. The third-order valence-corrected chi connectivity index (χ3v) is 4.74. The molecule has 1 amide bonds. The molecular formula is C22H21FN8O4. The van der Waals surface area contributed by atoms with Crippen molar-refractivity contribution < 1.29 is 23.3 Å². The van der Waals surface area contributed by atoms with Crippen LogP contribution >= 0.6 is 0 Å². The van der Waals surface area contributed by atoms with Crippen LogP contribution in [0.1, 0.15) is 34.2 Å². The monoisotopic (exact) mass is 480 g/mol. The fraction of sp³-hybridized carbons (Fsp3) is 0.182. The van der Waals surface area contributed by atoms with Crippen molar-refractivity contribution in [2.45, 2.75) is 20.5 Å². The summed E-state index contributed by atoms with van der Waals surface area (Å²) in [5, 5.41) is 18.8. The van der Waals surface area contributed by atoms with Gasteiger partial charge in [-0.2, -0.15) is 9.78 Å². The lowest BCUT2D eigenvalue weighted by molar-refractivity contribution is 0.0949. The molecule has 0 radical (unpaired) electrons. The number of anilines is 1. The molecule has 3 N–H and O–H groups in total. The molecule has 0 unspecified atom stereocenters. The molecule has 180 valence electrons. The summed E-state index contributed by atoms with van der Waals surface area (Å²) in [7, 11) is 0. The number of ether oxygens (including phenoxy) is 2. The Labute approximate surface area is 198 Å². The van der Waals surface area contributed by atoms with Gasteiger partial charge >= 0.3 is 0 Å². The number of nitrogens with two attached hydrogens (primary N) is 1. The molecule has 4 aromatic rings. The van der Waals surface area contributed by atoms with E-state index in [-0.39, 0.29) is 29.8 Å². The van der Waals surface area contributed by atoms with E-state index in [2.05, 4.69) is 35.8 Å². The topological polar surface area (TPSA) is 156 Å². The van der Waals surface area contributed by atoms with Gasteiger partial charge in [-0.15, -0.1) is 5.10 Å². The third-order valence-electron chi connectivity index (χ3n) is 4.74. The van der Waals surface area contributed by atoms with Crippen molar-refractivity contribution in [1.29, 1.82) is 0 Å². The quantitative estimate of drug-likeness (QED) is 0.271. The SMILES string of the molecule is CCOc1cc(/C=N\NC(=O)c2nnn(-c3nonc3N)c2C)ccc1OCc1cccc(F)c1. The number of hydrogen-bond acceptors (Lipinski definition) is 10. The number of rotatable bonds is 9. The number of amides is 1. The molecule has 4 rings (SSSR count). The summed E-state index contributed by atoms with van der Waals surface area (Å²) in [4.78, 5) is 12.5. The van der Waals surface area contributed by atoms with Crippen LogP contribution in [-0.2, 0) is 6.61 Å². The molecule has 12 nitrogen and oxygen atoms in total.